The van der Waals surface area contributed by atoms with Gasteiger partial charge in [-0.1, -0.05) is 11.6 Å². The molecule has 0 rings (SSSR count). The van der Waals surface area contributed by atoms with Gasteiger partial charge >= 0.3 is 40.6 Å². The van der Waals surface area contributed by atoms with Gasteiger partial charge in [0.25, 0.3) is 0 Å². The summed E-state index contributed by atoms with van der Waals surface area (Å²) < 4.78 is 150. The first-order valence-electron chi connectivity index (χ1n) is 4.51. The first-order chi connectivity index (χ1) is 9.63. The van der Waals surface area contributed by atoms with Crippen LogP contribution in [-0.4, -0.2) is 40.6 Å². The molecule has 0 aliphatic carbocycles. The Morgan fingerprint density at radius 1 is 0.739 bits per heavy atom. The van der Waals surface area contributed by atoms with Gasteiger partial charge in [-0.25, -0.2) is 9.18 Å². The second-order valence-corrected chi connectivity index (χ2v) is 4.62. The van der Waals surface area contributed by atoms with E-state index in [1.165, 1.54) is 0 Å². The smallest absolute Gasteiger partial charge is 0.391 e. The van der Waals surface area contributed by atoms with Crippen molar-refractivity contribution >= 4 is 29.2 Å². The highest BCUT2D eigenvalue weighted by molar-refractivity contribution is 6.33. The van der Waals surface area contributed by atoms with Gasteiger partial charge in [-0.2, -0.15) is 48.3 Å². The molecule has 0 N–H and O–H groups in total. The number of esters is 1. The highest BCUT2D eigenvalue weighted by Crippen LogP contribution is 2.56. The zero-order chi connectivity index (χ0) is 19.3. The fraction of sp³-hybridized carbons (Fsp3) is 0.857. The van der Waals surface area contributed by atoms with Crippen LogP contribution in [0.15, 0.2) is 0 Å². The summed E-state index contributed by atoms with van der Waals surface area (Å²) in [5.74, 6) is -18.1. The lowest BCUT2D eigenvalue weighted by atomic mass is 10.2. The van der Waals surface area contributed by atoms with Crippen molar-refractivity contribution in [2.75, 3.05) is 0 Å². The van der Waals surface area contributed by atoms with Crippen molar-refractivity contribution in [3.05, 3.63) is 0 Å². The van der Waals surface area contributed by atoms with E-state index in [2.05, 4.69) is 23.2 Å². The molecule has 0 aromatic carbocycles. The van der Waals surface area contributed by atoms with Gasteiger partial charge in [-0.05, 0) is 11.6 Å². The molecule has 0 bridgehead atoms. The van der Waals surface area contributed by atoms with Crippen LogP contribution in [-0.2, 0) is 9.53 Å². The molecule has 0 fully saturated rings. The summed E-state index contributed by atoms with van der Waals surface area (Å²) in [6, 6.07) is 0. The van der Waals surface area contributed by atoms with Gasteiger partial charge < -0.3 is 4.74 Å². The number of hydrogen-bond donors (Lipinski definition) is 0. The molecule has 0 spiro atoms. The van der Waals surface area contributed by atoms with Gasteiger partial charge in [0.1, 0.15) is 0 Å². The van der Waals surface area contributed by atoms with Gasteiger partial charge in [-0.3, -0.25) is 0 Å². The van der Waals surface area contributed by atoms with Crippen LogP contribution in [0.1, 0.15) is 0 Å². The molecular formula is C7Cl2F12O2. The first-order valence-corrected chi connectivity index (χ1v) is 5.26. The Bertz CT molecular complexity index is 465. The zero-order valence-corrected chi connectivity index (χ0v) is 11.1. The summed E-state index contributed by atoms with van der Waals surface area (Å²) in [7, 11) is 0. The predicted molar refractivity (Wildman–Crippen MR) is 47.5 cm³/mol. The summed E-state index contributed by atoms with van der Waals surface area (Å²) in [5, 5.41) is -12.2. The summed E-state index contributed by atoms with van der Waals surface area (Å²) in [6.45, 7) is 0. The van der Waals surface area contributed by atoms with Crippen LogP contribution in [0.5, 0.6) is 0 Å². The fourth-order valence-corrected chi connectivity index (χ4v) is 0.950. The van der Waals surface area contributed by atoms with E-state index >= 15 is 0 Å². The van der Waals surface area contributed by atoms with Crippen molar-refractivity contribution in [3.8, 4) is 0 Å². The van der Waals surface area contributed by atoms with Crippen molar-refractivity contribution in [2.45, 2.75) is 34.6 Å². The molecule has 0 amide bonds. The Morgan fingerprint density at radius 2 is 1.09 bits per heavy atom. The number of carbonyl (C=O) groups excluding carboxylic acids is 1. The normalized spacial score (nSPS) is 17.7. The maximum atomic E-state index is 12.9. The van der Waals surface area contributed by atoms with Gasteiger partial charge in [0.2, 0.25) is 0 Å². The molecule has 0 aliphatic heterocycles. The van der Waals surface area contributed by atoms with E-state index in [9.17, 15) is 57.5 Å². The quantitative estimate of drug-likeness (QED) is 0.370. The maximum absolute atomic E-state index is 12.9. The maximum Gasteiger partial charge on any atom is 0.471 e. The molecular weight excluding hydrogens is 415 g/mol. The van der Waals surface area contributed by atoms with Crippen molar-refractivity contribution in [2.24, 2.45) is 0 Å². The molecule has 0 aromatic heterocycles. The molecule has 23 heavy (non-hydrogen) atoms. The van der Waals surface area contributed by atoms with E-state index in [0.717, 1.165) is 0 Å². The minimum absolute atomic E-state index is 1.87. The molecule has 1 unspecified atom stereocenters. The van der Waals surface area contributed by atoms with E-state index in [-0.39, 0.29) is 0 Å². The lowest BCUT2D eigenvalue weighted by molar-refractivity contribution is -0.376. The van der Waals surface area contributed by atoms with Crippen LogP contribution in [0, 0.1) is 0 Å². The topological polar surface area (TPSA) is 26.3 Å². The van der Waals surface area contributed by atoms with Crippen molar-refractivity contribution in [1.29, 1.82) is 0 Å². The average Bonchev–Trinajstić information content (AvgIpc) is 2.24. The highest BCUT2D eigenvalue weighted by atomic mass is 35.5. The second-order valence-electron chi connectivity index (χ2n) is 3.62. The minimum Gasteiger partial charge on any atom is -0.391 e. The Morgan fingerprint density at radius 3 is 1.35 bits per heavy atom. The standard InChI is InChI=1S/C7Cl2F12O2/c8-3(12,5(9,15)16)4(13,14)7(20,21)23-1(22)2(10,11)6(17,18)19. The number of hydrogen-bond acceptors (Lipinski definition) is 2. The predicted octanol–water partition coefficient (Wildman–Crippen LogP) is 4.69. The summed E-state index contributed by atoms with van der Waals surface area (Å²) in [5.41, 5.74) is 0. The lowest BCUT2D eigenvalue weighted by Gasteiger charge is -2.35. The Labute approximate surface area is 127 Å². The van der Waals surface area contributed by atoms with Gasteiger partial charge in [-0.15, -0.1) is 0 Å². The van der Waals surface area contributed by atoms with E-state index in [1.54, 1.807) is 0 Å². The number of ether oxygens (including phenoxy) is 1. The van der Waals surface area contributed by atoms with Crippen LogP contribution in [0.25, 0.3) is 0 Å². The fourth-order valence-electron chi connectivity index (χ4n) is 0.721. The van der Waals surface area contributed by atoms with Crippen LogP contribution in [0.3, 0.4) is 0 Å². The Hall–Kier alpha value is -0.790. The molecule has 0 saturated carbocycles. The lowest BCUT2D eigenvalue weighted by Crippen LogP contribution is -2.62. The minimum atomic E-state index is -7.01. The number of carbonyl (C=O) groups is 1. The largest absolute Gasteiger partial charge is 0.471 e. The number of halogens is 14. The molecule has 0 aromatic rings. The molecule has 2 nitrogen and oxygen atoms in total. The average molecular weight is 415 g/mol. The summed E-state index contributed by atoms with van der Waals surface area (Å²) in [4.78, 5) is 10.3. The number of alkyl halides is 14. The monoisotopic (exact) mass is 414 g/mol. The first kappa shape index (κ1) is 22.2. The molecule has 0 saturated heterocycles. The molecule has 16 heteroatoms. The van der Waals surface area contributed by atoms with E-state index in [4.69, 9.17) is 0 Å². The van der Waals surface area contributed by atoms with Crippen molar-refractivity contribution in [3.63, 3.8) is 0 Å². The molecule has 0 radical (unpaired) electrons. The van der Waals surface area contributed by atoms with E-state index in [1.807, 2.05) is 4.74 Å². The Kier molecular flexibility index (Phi) is 5.44. The molecule has 0 aliphatic rings. The summed E-state index contributed by atoms with van der Waals surface area (Å²) in [6.07, 6.45) is -13.8. The Balaban J connectivity index is 5.72. The van der Waals surface area contributed by atoms with Crippen LogP contribution in [0.2, 0.25) is 0 Å². The van der Waals surface area contributed by atoms with Crippen molar-refractivity contribution in [1.82, 2.24) is 0 Å². The molecule has 138 valence electrons. The second kappa shape index (κ2) is 5.63. The SMILES string of the molecule is O=C(OC(F)(F)C(F)(F)C(F)(Cl)C(F)(F)Cl)C(F)(F)C(F)(F)F. The van der Waals surface area contributed by atoms with E-state index < -0.39 is 40.6 Å². The number of rotatable bonds is 5. The third-order valence-corrected chi connectivity index (χ3v) is 2.78. The van der Waals surface area contributed by atoms with Gasteiger partial charge in [0.05, 0.1) is 0 Å². The van der Waals surface area contributed by atoms with Gasteiger partial charge in [0.15, 0.2) is 0 Å². The third kappa shape index (κ3) is 3.67. The van der Waals surface area contributed by atoms with Crippen LogP contribution in [0.4, 0.5) is 52.7 Å². The van der Waals surface area contributed by atoms with Crippen LogP contribution < -0.4 is 0 Å². The third-order valence-electron chi connectivity index (χ3n) is 1.95. The van der Waals surface area contributed by atoms with Crippen molar-refractivity contribution < 1.29 is 62.2 Å². The highest BCUT2D eigenvalue weighted by Gasteiger charge is 2.82. The van der Waals surface area contributed by atoms with Crippen LogP contribution >= 0.6 is 23.2 Å². The summed E-state index contributed by atoms with van der Waals surface area (Å²) >= 11 is 7.49. The molecule has 1 atom stereocenters. The zero-order valence-electron chi connectivity index (χ0n) is 9.61. The van der Waals surface area contributed by atoms with Gasteiger partial charge in [0, 0.05) is 0 Å². The van der Waals surface area contributed by atoms with E-state index in [0.29, 0.717) is 0 Å². The molecule has 0 heterocycles.